The summed E-state index contributed by atoms with van der Waals surface area (Å²) in [7, 11) is -2.24. The zero-order valence-electron chi connectivity index (χ0n) is 16.5. The number of benzene rings is 1. The summed E-state index contributed by atoms with van der Waals surface area (Å²) in [5.74, 6) is -0.780. The van der Waals surface area contributed by atoms with E-state index in [4.69, 9.17) is 31.9 Å². The third-order valence-corrected chi connectivity index (χ3v) is 5.85. The van der Waals surface area contributed by atoms with E-state index >= 15 is 0 Å². The molecule has 0 radical (unpaired) electrons. The fourth-order valence-electron chi connectivity index (χ4n) is 3.69. The molecule has 1 aliphatic carbocycles. The molecule has 1 saturated carbocycles. The van der Waals surface area contributed by atoms with Gasteiger partial charge in [0.1, 0.15) is 23.4 Å². The van der Waals surface area contributed by atoms with Crippen molar-refractivity contribution >= 4 is 39.2 Å². The number of likely N-dealkylation sites (N-methyl/N-ethyl adjacent to an activating group) is 1. The molecule has 0 atom stereocenters. The molecule has 30 heavy (non-hydrogen) atoms. The summed E-state index contributed by atoms with van der Waals surface area (Å²) in [6, 6.07) is 1.86. The van der Waals surface area contributed by atoms with E-state index in [-0.39, 0.29) is 27.7 Å². The van der Waals surface area contributed by atoms with Gasteiger partial charge in [0.25, 0.3) is 0 Å². The number of hydrogen-bond donors (Lipinski definition) is 1. The Morgan fingerprint density at radius 2 is 1.80 bits per heavy atom. The van der Waals surface area contributed by atoms with Crippen LogP contribution in [0.15, 0.2) is 17.9 Å². The molecular weight excluding hydrogens is 470 g/mol. The van der Waals surface area contributed by atoms with Crippen LogP contribution >= 0.6 is 23.5 Å². The molecule has 1 aromatic rings. The fourth-order valence-corrected chi connectivity index (χ4v) is 4.74. The fraction of sp³-hybridized carbons (Fsp3) is 0.556. The Balaban J connectivity index is 2.71. The maximum Gasteiger partial charge on any atom is 0.573 e. The lowest BCUT2D eigenvalue weighted by molar-refractivity contribution is -0.274. The van der Waals surface area contributed by atoms with Crippen LogP contribution < -0.4 is 14.3 Å². The molecule has 170 valence electrons. The van der Waals surface area contributed by atoms with E-state index in [2.05, 4.69) is 10.1 Å². The normalized spacial score (nSPS) is 17.9. The molecule has 0 heterocycles. The predicted octanol–water partition coefficient (Wildman–Crippen LogP) is 5.40. The summed E-state index contributed by atoms with van der Waals surface area (Å²) in [5.41, 5.74) is -0.449. The van der Waals surface area contributed by atoms with E-state index in [9.17, 15) is 21.6 Å². The van der Waals surface area contributed by atoms with Crippen LogP contribution in [0.25, 0.3) is 5.57 Å². The number of allylic oxidation sites excluding steroid dienone is 1. The first kappa shape index (κ1) is 24.9. The van der Waals surface area contributed by atoms with Crippen molar-refractivity contribution < 1.29 is 34.8 Å². The highest BCUT2D eigenvalue weighted by Crippen LogP contribution is 2.44. The van der Waals surface area contributed by atoms with E-state index in [0.717, 1.165) is 37.7 Å². The van der Waals surface area contributed by atoms with Crippen molar-refractivity contribution in [1.82, 2.24) is 5.32 Å². The number of ether oxygens (including phenoxy) is 1. The number of nitrogens with one attached hydrogen (secondary N) is 1. The van der Waals surface area contributed by atoms with Gasteiger partial charge in [-0.25, -0.2) is 0 Å². The van der Waals surface area contributed by atoms with E-state index < -0.39 is 27.8 Å². The Hall–Kier alpha value is -1.36. The standard InChI is InChI=1S/C18H22Cl2F3NO5S/c1-11(15-13(19)9-12(10-14(15)28-20)27-18(21,22)23)16(29-30(3,25)26)17(24-2)7-5-4-6-8-17/h9-10,24H,4-8H2,1-3H3/b16-11-. The highest BCUT2D eigenvalue weighted by Gasteiger charge is 2.40. The number of alkyl halides is 3. The number of rotatable bonds is 7. The van der Waals surface area contributed by atoms with Crippen LogP contribution in [0, 0.1) is 0 Å². The van der Waals surface area contributed by atoms with Crippen LogP contribution in [0.1, 0.15) is 44.6 Å². The van der Waals surface area contributed by atoms with Gasteiger partial charge in [-0.2, -0.15) is 8.42 Å². The van der Waals surface area contributed by atoms with Gasteiger partial charge in [-0.05, 0) is 26.8 Å². The van der Waals surface area contributed by atoms with Crippen LogP contribution in [0.2, 0.25) is 5.02 Å². The average Bonchev–Trinajstić information content (AvgIpc) is 2.63. The first-order valence-corrected chi connectivity index (χ1v) is 11.5. The summed E-state index contributed by atoms with van der Waals surface area (Å²) in [6.45, 7) is 1.54. The van der Waals surface area contributed by atoms with Gasteiger partial charge >= 0.3 is 16.5 Å². The van der Waals surface area contributed by atoms with E-state index in [0.29, 0.717) is 12.8 Å². The highest BCUT2D eigenvalue weighted by molar-refractivity contribution is 7.86. The smallest absolute Gasteiger partial charge is 0.406 e. The molecule has 1 fully saturated rings. The van der Waals surface area contributed by atoms with E-state index in [1.165, 1.54) is 0 Å². The SMILES string of the molecule is CNC1(/C(OS(C)(=O)=O)=C(\C)c2c(Cl)cc(OC(F)(F)F)cc2OCl)CCCCC1. The van der Waals surface area contributed by atoms with Crippen LogP contribution in [-0.4, -0.2) is 33.6 Å². The Morgan fingerprint density at radius 1 is 1.20 bits per heavy atom. The van der Waals surface area contributed by atoms with Crippen molar-refractivity contribution in [2.75, 3.05) is 13.3 Å². The number of halogens is 5. The number of hydrogen-bond acceptors (Lipinski definition) is 6. The summed E-state index contributed by atoms with van der Waals surface area (Å²) >= 11 is 11.7. The van der Waals surface area contributed by atoms with Crippen molar-refractivity contribution in [2.45, 2.75) is 50.9 Å². The zero-order chi connectivity index (χ0) is 22.7. The molecule has 1 aliphatic rings. The third kappa shape index (κ3) is 6.09. The molecular formula is C18H22Cl2F3NO5S. The molecule has 0 aromatic heterocycles. The lowest BCUT2D eigenvalue weighted by Gasteiger charge is -2.39. The summed E-state index contributed by atoms with van der Waals surface area (Å²) in [6.07, 6.45) is -0.207. The minimum Gasteiger partial charge on any atom is -0.406 e. The van der Waals surface area contributed by atoms with Gasteiger partial charge in [0, 0.05) is 23.3 Å². The molecule has 6 nitrogen and oxygen atoms in total. The Kier molecular flexibility index (Phi) is 7.82. The lowest BCUT2D eigenvalue weighted by atomic mass is 9.78. The molecule has 0 aliphatic heterocycles. The second-order valence-electron chi connectivity index (χ2n) is 7.04. The van der Waals surface area contributed by atoms with E-state index in [1.807, 2.05) is 0 Å². The van der Waals surface area contributed by atoms with Gasteiger partial charge in [0.2, 0.25) is 0 Å². The summed E-state index contributed by atoms with van der Waals surface area (Å²) < 4.78 is 75.7. The van der Waals surface area contributed by atoms with Gasteiger partial charge in [-0.15, -0.1) is 13.2 Å². The minimum atomic E-state index is -4.94. The lowest BCUT2D eigenvalue weighted by Crippen LogP contribution is -2.47. The monoisotopic (exact) mass is 491 g/mol. The zero-order valence-corrected chi connectivity index (χ0v) is 18.9. The second kappa shape index (κ2) is 9.42. The van der Waals surface area contributed by atoms with Crippen LogP contribution in [-0.2, 0) is 14.3 Å². The van der Waals surface area contributed by atoms with Crippen LogP contribution in [0.3, 0.4) is 0 Å². The highest BCUT2D eigenvalue weighted by atomic mass is 35.5. The average molecular weight is 492 g/mol. The molecule has 2 rings (SSSR count). The molecule has 12 heteroatoms. The maximum atomic E-state index is 12.6. The van der Waals surface area contributed by atoms with Crippen LogP contribution in [0.4, 0.5) is 13.2 Å². The molecule has 0 unspecified atom stereocenters. The van der Waals surface area contributed by atoms with Gasteiger partial charge < -0.3 is 18.5 Å². The predicted molar refractivity (Wildman–Crippen MR) is 108 cm³/mol. The van der Waals surface area contributed by atoms with Gasteiger partial charge in [0.15, 0.2) is 5.75 Å². The quantitative estimate of drug-likeness (QED) is 0.406. The first-order chi connectivity index (χ1) is 13.8. The van der Waals surface area contributed by atoms with E-state index in [1.54, 1.807) is 14.0 Å². The minimum absolute atomic E-state index is 0.0913. The van der Waals surface area contributed by atoms with Gasteiger partial charge in [-0.1, -0.05) is 30.9 Å². The van der Waals surface area contributed by atoms with Gasteiger partial charge in [0.05, 0.1) is 16.8 Å². The van der Waals surface area contributed by atoms with Crippen molar-refractivity contribution in [3.8, 4) is 11.5 Å². The molecule has 0 bridgehead atoms. The third-order valence-electron chi connectivity index (χ3n) is 4.91. The largest absolute Gasteiger partial charge is 0.573 e. The molecule has 0 amide bonds. The maximum absolute atomic E-state index is 12.6. The van der Waals surface area contributed by atoms with Gasteiger partial charge in [-0.3, -0.25) is 0 Å². The van der Waals surface area contributed by atoms with Crippen molar-refractivity contribution in [1.29, 1.82) is 0 Å². The van der Waals surface area contributed by atoms with Crippen molar-refractivity contribution in [3.05, 3.63) is 28.5 Å². The molecule has 0 spiro atoms. The topological polar surface area (TPSA) is 73.9 Å². The second-order valence-corrected chi connectivity index (χ2v) is 9.17. The van der Waals surface area contributed by atoms with Crippen LogP contribution in [0.5, 0.6) is 11.5 Å². The molecule has 0 saturated heterocycles. The Bertz CT molecular complexity index is 913. The Morgan fingerprint density at radius 3 is 2.27 bits per heavy atom. The first-order valence-electron chi connectivity index (χ1n) is 9.00. The molecule has 1 N–H and O–H groups in total. The Labute approximate surface area is 183 Å². The summed E-state index contributed by atoms with van der Waals surface area (Å²) in [4.78, 5) is 0. The van der Waals surface area contributed by atoms with Crippen molar-refractivity contribution in [2.24, 2.45) is 0 Å². The molecule has 1 aromatic carbocycles. The summed E-state index contributed by atoms with van der Waals surface area (Å²) in [5, 5.41) is 2.97. The van der Waals surface area contributed by atoms with Crippen molar-refractivity contribution in [3.63, 3.8) is 0 Å².